The molecule has 1 amide bonds. The van der Waals surface area contributed by atoms with Crippen molar-refractivity contribution in [1.29, 1.82) is 0 Å². The minimum atomic E-state index is -0.895. The lowest BCUT2D eigenvalue weighted by Crippen LogP contribution is -2.51. The van der Waals surface area contributed by atoms with Gasteiger partial charge in [-0.3, -0.25) is 4.79 Å². The lowest BCUT2D eigenvalue weighted by atomic mass is 9.84. The van der Waals surface area contributed by atoms with Gasteiger partial charge in [-0.1, -0.05) is 12.8 Å². The van der Waals surface area contributed by atoms with Gasteiger partial charge >= 0.3 is 5.97 Å². The molecule has 0 aromatic heterocycles. The summed E-state index contributed by atoms with van der Waals surface area (Å²) >= 11 is 0. The molecule has 1 aliphatic heterocycles. The smallest absolute Gasteiger partial charge is 0.326 e. The Balaban J connectivity index is 2.23. The van der Waals surface area contributed by atoms with E-state index >= 15 is 0 Å². The minimum Gasteiger partial charge on any atom is -0.480 e. The van der Waals surface area contributed by atoms with Crippen molar-refractivity contribution in [2.45, 2.75) is 57.2 Å². The third-order valence-electron chi connectivity index (χ3n) is 4.02. The number of fused-ring (bicyclic) bond motifs is 1. The molecule has 5 nitrogen and oxygen atoms in total. The average Bonchev–Trinajstić information content (AvgIpc) is 2.67. The van der Waals surface area contributed by atoms with Crippen LogP contribution in [0.1, 0.15) is 39.0 Å². The summed E-state index contributed by atoms with van der Waals surface area (Å²) in [6, 6.07) is -1.18. The van der Waals surface area contributed by atoms with Crippen molar-refractivity contribution in [3.8, 4) is 0 Å². The molecule has 0 spiro atoms. The largest absolute Gasteiger partial charge is 0.480 e. The summed E-state index contributed by atoms with van der Waals surface area (Å²) in [5, 5.41) is 9.23. The molecule has 2 fully saturated rings. The first-order valence-electron chi connectivity index (χ1n) is 6.33. The van der Waals surface area contributed by atoms with E-state index in [0.29, 0.717) is 12.3 Å². The third-order valence-corrected chi connectivity index (χ3v) is 4.02. The third kappa shape index (κ3) is 2.16. The Hall–Kier alpha value is -1.10. The zero-order valence-electron chi connectivity index (χ0n) is 10.1. The van der Waals surface area contributed by atoms with Gasteiger partial charge in [-0.05, 0) is 32.1 Å². The van der Waals surface area contributed by atoms with Crippen LogP contribution < -0.4 is 5.73 Å². The normalized spacial score (nSPS) is 34.2. The first kappa shape index (κ1) is 12.4. The highest BCUT2D eigenvalue weighted by atomic mass is 16.4. The van der Waals surface area contributed by atoms with Gasteiger partial charge < -0.3 is 15.7 Å². The highest BCUT2D eigenvalue weighted by Crippen LogP contribution is 2.39. The number of carboxylic acids is 1. The Morgan fingerprint density at radius 3 is 2.59 bits per heavy atom. The topological polar surface area (TPSA) is 83.6 Å². The van der Waals surface area contributed by atoms with Gasteiger partial charge in [-0.15, -0.1) is 0 Å². The van der Waals surface area contributed by atoms with Crippen LogP contribution in [-0.2, 0) is 9.59 Å². The van der Waals surface area contributed by atoms with Crippen molar-refractivity contribution in [3.63, 3.8) is 0 Å². The molecule has 4 atom stereocenters. The molecule has 2 rings (SSSR count). The molecule has 0 radical (unpaired) electrons. The highest BCUT2D eigenvalue weighted by Gasteiger charge is 2.47. The number of carboxylic acid groups (broad SMARTS) is 1. The summed E-state index contributed by atoms with van der Waals surface area (Å²) < 4.78 is 0. The van der Waals surface area contributed by atoms with Gasteiger partial charge in [-0.25, -0.2) is 4.79 Å². The Kier molecular flexibility index (Phi) is 3.38. The van der Waals surface area contributed by atoms with Gasteiger partial charge in [0.15, 0.2) is 0 Å². The van der Waals surface area contributed by atoms with Crippen molar-refractivity contribution in [2.75, 3.05) is 0 Å². The molecule has 0 bridgehead atoms. The summed E-state index contributed by atoms with van der Waals surface area (Å²) in [5.74, 6) is -0.757. The lowest BCUT2D eigenvalue weighted by molar-refractivity contribution is -0.150. The number of nitrogens with two attached hydrogens (primary N) is 1. The molecule has 3 N–H and O–H groups in total. The fourth-order valence-corrected chi connectivity index (χ4v) is 3.23. The van der Waals surface area contributed by atoms with Crippen LogP contribution in [0.4, 0.5) is 0 Å². The second kappa shape index (κ2) is 4.64. The first-order chi connectivity index (χ1) is 8.02. The predicted octanol–water partition coefficient (Wildman–Crippen LogP) is 0.578. The first-order valence-corrected chi connectivity index (χ1v) is 6.33. The Bertz CT molecular complexity index is 330. The number of amides is 1. The van der Waals surface area contributed by atoms with Crippen LogP contribution in [0.2, 0.25) is 0 Å². The van der Waals surface area contributed by atoms with Crippen molar-refractivity contribution < 1.29 is 14.7 Å². The maximum atomic E-state index is 12.1. The number of nitrogens with zero attached hydrogens (tertiary/aromatic N) is 1. The number of hydrogen-bond donors (Lipinski definition) is 2. The summed E-state index contributed by atoms with van der Waals surface area (Å²) in [4.78, 5) is 24.9. The van der Waals surface area contributed by atoms with Crippen LogP contribution >= 0.6 is 0 Å². The molecule has 17 heavy (non-hydrogen) atoms. The average molecular weight is 240 g/mol. The summed E-state index contributed by atoms with van der Waals surface area (Å²) in [6.07, 6.45) is 4.78. The van der Waals surface area contributed by atoms with E-state index in [2.05, 4.69) is 0 Å². The molecule has 4 unspecified atom stereocenters. The quantitative estimate of drug-likeness (QED) is 0.739. The van der Waals surface area contributed by atoms with Crippen LogP contribution in [0.15, 0.2) is 0 Å². The van der Waals surface area contributed by atoms with E-state index in [4.69, 9.17) is 5.73 Å². The van der Waals surface area contributed by atoms with Gasteiger partial charge in [0.1, 0.15) is 6.04 Å². The molecular weight excluding hydrogens is 220 g/mol. The number of likely N-dealkylation sites (tertiary alicyclic amines) is 1. The Morgan fingerprint density at radius 2 is 2.00 bits per heavy atom. The van der Waals surface area contributed by atoms with Gasteiger partial charge in [0.2, 0.25) is 5.91 Å². The zero-order chi connectivity index (χ0) is 12.6. The van der Waals surface area contributed by atoms with Gasteiger partial charge in [0.25, 0.3) is 0 Å². The molecule has 1 heterocycles. The van der Waals surface area contributed by atoms with Crippen LogP contribution in [0, 0.1) is 5.92 Å². The molecule has 1 aliphatic carbocycles. The number of carbonyl (C=O) groups is 2. The second-order valence-electron chi connectivity index (χ2n) is 5.24. The van der Waals surface area contributed by atoms with Crippen LogP contribution in [0.25, 0.3) is 0 Å². The van der Waals surface area contributed by atoms with E-state index in [1.807, 2.05) is 0 Å². The summed E-state index contributed by atoms with van der Waals surface area (Å²) in [5.41, 5.74) is 5.62. The summed E-state index contributed by atoms with van der Waals surface area (Å²) in [7, 11) is 0. The van der Waals surface area contributed by atoms with Crippen LogP contribution in [0.5, 0.6) is 0 Å². The molecule has 0 aromatic carbocycles. The molecule has 2 aliphatic rings. The highest BCUT2D eigenvalue weighted by molar-refractivity contribution is 5.87. The Labute approximate surface area is 101 Å². The lowest BCUT2D eigenvalue weighted by Gasteiger charge is -2.33. The van der Waals surface area contributed by atoms with Gasteiger partial charge in [-0.2, -0.15) is 0 Å². The Morgan fingerprint density at radius 1 is 1.35 bits per heavy atom. The number of hydrogen-bond acceptors (Lipinski definition) is 3. The van der Waals surface area contributed by atoms with Crippen LogP contribution in [0.3, 0.4) is 0 Å². The molecule has 0 aromatic rings. The molecule has 1 saturated heterocycles. The molecular formula is C12H20N2O3. The van der Waals surface area contributed by atoms with E-state index in [9.17, 15) is 14.7 Å². The number of aliphatic carboxylic acids is 1. The van der Waals surface area contributed by atoms with Gasteiger partial charge in [0.05, 0.1) is 6.04 Å². The number of carbonyl (C=O) groups excluding carboxylic acids is 1. The van der Waals surface area contributed by atoms with Crippen LogP contribution in [-0.4, -0.2) is 40.0 Å². The van der Waals surface area contributed by atoms with E-state index in [1.54, 1.807) is 11.8 Å². The standard InChI is InChI=1S/C12H20N2O3/c1-7(13)11(15)14-9-5-3-2-4-8(9)6-10(14)12(16)17/h7-10H,2-6,13H2,1H3,(H,16,17). The van der Waals surface area contributed by atoms with Crippen molar-refractivity contribution in [2.24, 2.45) is 11.7 Å². The van der Waals surface area contributed by atoms with Crippen molar-refractivity contribution >= 4 is 11.9 Å². The van der Waals surface area contributed by atoms with E-state index in [1.165, 1.54) is 0 Å². The summed E-state index contributed by atoms with van der Waals surface area (Å²) in [6.45, 7) is 1.62. The minimum absolute atomic E-state index is 0.100. The predicted molar refractivity (Wildman–Crippen MR) is 62.3 cm³/mol. The monoisotopic (exact) mass is 240 g/mol. The SMILES string of the molecule is CC(N)C(=O)N1C(C(=O)O)CC2CCCCC21. The van der Waals surface area contributed by atoms with Crippen molar-refractivity contribution in [1.82, 2.24) is 4.90 Å². The van der Waals surface area contributed by atoms with E-state index in [0.717, 1.165) is 25.7 Å². The van der Waals surface area contributed by atoms with Crippen molar-refractivity contribution in [3.05, 3.63) is 0 Å². The zero-order valence-corrected chi connectivity index (χ0v) is 10.1. The van der Waals surface area contributed by atoms with Gasteiger partial charge in [0, 0.05) is 6.04 Å². The fourth-order valence-electron chi connectivity index (χ4n) is 3.23. The molecule has 5 heteroatoms. The van der Waals surface area contributed by atoms with E-state index in [-0.39, 0.29) is 11.9 Å². The molecule has 96 valence electrons. The number of rotatable bonds is 2. The second-order valence-corrected chi connectivity index (χ2v) is 5.24. The maximum Gasteiger partial charge on any atom is 0.326 e. The maximum absolute atomic E-state index is 12.1. The fraction of sp³-hybridized carbons (Fsp3) is 0.833. The molecule has 1 saturated carbocycles. The van der Waals surface area contributed by atoms with E-state index < -0.39 is 18.1 Å².